The number of hydrogen-bond donors (Lipinski definition) is 1. The first-order valence-electron chi connectivity index (χ1n) is 7.40. The zero-order chi connectivity index (χ0) is 19.7. The zero-order valence-electron chi connectivity index (χ0n) is 13.6. The van der Waals surface area contributed by atoms with E-state index in [1.165, 1.54) is 12.1 Å². The number of nitrogens with zero attached hydrogens (tertiary/aromatic N) is 2. The SMILES string of the molecule is FC(F)(F)Sc1ccc(-c2ccc(C=Cc3cn[nH]n3)cc2)cc1.O=C=O. The summed E-state index contributed by atoms with van der Waals surface area (Å²) < 4.78 is 37.0. The highest BCUT2D eigenvalue weighted by atomic mass is 32.2. The van der Waals surface area contributed by atoms with Gasteiger partial charge in [-0.05, 0) is 46.7 Å². The third-order valence-corrected chi connectivity index (χ3v) is 3.95. The molecule has 0 aliphatic rings. The van der Waals surface area contributed by atoms with Crippen LogP contribution in [0.15, 0.2) is 59.6 Å². The van der Waals surface area contributed by atoms with Gasteiger partial charge in [0.15, 0.2) is 0 Å². The molecular formula is C18H12F3N3O2S. The van der Waals surface area contributed by atoms with Crippen LogP contribution in [-0.4, -0.2) is 27.1 Å². The summed E-state index contributed by atoms with van der Waals surface area (Å²) in [4.78, 5) is 16.4. The number of H-pyrrole nitrogens is 1. The minimum Gasteiger partial charge on any atom is -0.197 e. The van der Waals surface area contributed by atoms with Crippen molar-refractivity contribution in [3.05, 3.63) is 66.0 Å². The number of thioether (sulfide) groups is 1. The topological polar surface area (TPSA) is 75.7 Å². The maximum absolute atomic E-state index is 12.3. The van der Waals surface area contributed by atoms with Gasteiger partial charge in [-0.2, -0.15) is 38.2 Å². The van der Waals surface area contributed by atoms with Crippen molar-refractivity contribution < 1.29 is 22.8 Å². The molecule has 0 aliphatic heterocycles. The Morgan fingerprint density at radius 2 is 1.48 bits per heavy atom. The maximum Gasteiger partial charge on any atom is 0.446 e. The van der Waals surface area contributed by atoms with Crippen molar-refractivity contribution in [1.82, 2.24) is 15.4 Å². The lowest BCUT2D eigenvalue weighted by molar-refractivity contribution is -0.191. The maximum atomic E-state index is 12.3. The van der Waals surface area contributed by atoms with Gasteiger partial charge in [-0.25, -0.2) is 0 Å². The average Bonchev–Trinajstić information content (AvgIpc) is 3.14. The van der Waals surface area contributed by atoms with Gasteiger partial charge in [0.1, 0.15) is 5.69 Å². The first-order chi connectivity index (χ1) is 12.9. The molecule has 0 atom stereocenters. The van der Waals surface area contributed by atoms with Crippen LogP contribution in [0.25, 0.3) is 23.3 Å². The van der Waals surface area contributed by atoms with E-state index in [-0.39, 0.29) is 22.8 Å². The van der Waals surface area contributed by atoms with E-state index in [4.69, 9.17) is 9.59 Å². The molecular weight excluding hydrogens is 379 g/mol. The van der Waals surface area contributed by atoms with Crippen LogP contribution in [0.4, 0.5) is 13.2 Å². The van der Waals surface area contributed by atoms with Crippen LogP contribution in [0.1, 0.15) is 11.3 Å². The molecule has 3 aromatic rings. The normalized spacial score (nSPS) is 10.9. The number of carbonyl (C=O) groups excluding carboxylic acids is 2. The second-order valence-corrected chi connectivity index (χ2v) is 6.14. The van der Waals surface area contributed by atoms with Gasteiger partial charge in [0.05, 0.1) is 6.20 Å². The molecule has 27 heavy (non-hydrogen) atoms. The Bertz CT molecular complexity index is 901. The average molecular weight is 391 g/mol. The van der Waals surface area contributed by atoms with Crippen LogP contribution < -0.4 is 0 Å². The lowest BCUT2D eigenvalue weighted by Gasteiger charge is -2.07. The molecule has 0 spiro atoms. The number of nitrogens with one attached hydrogen (secondary N) is 1. The summed E-state index contributed by atoms with van der Waals surface area (Å²) in [5.41, 5.74) is -0.729. The molecule has 0 amide bonds. The van der Waals surface area contributed by atoms with Gasteiger partial charge in [0.25, 0.3) is 0 Å². The first kappa shape index (κ1) is 20.2. The van der Waals surface area contributed by atoms with Crippen molar-refractivity contribution in [2.45, 2.75) is 10.4 Å². The van der Waals surface area contributed by atoms with Crippen LogP contribution in [0.2, 0.25) is 0 Å². The molecule has 0 saturated carbocycles. The first-order valence-corrected chi connectivity index (χ1v) is 8.22. The monoisotopic (exact) mass is 391 g/mol. The predicted molar refractivity (Wildman–Crippen MR) is 94.1 cm³/mol. The van der Waals surface area contributed by atoms with Crippen LogP contribution in [0.3, 0.4) is 0 Å². The van der Waals surface area contributed by atoms with Gasteiger partial charge < -0.3 is 0 Å². The summed E-state index contributed by atoms with van der Waals surface area (Å²) in [6.07, 6.45) is 5.61. The summed E-state index contributed by atoms with van der Waals surface area (Å²) in [7, 11) is 0. The van der Waals surface area contributed by atoms with Gasteiger partial charge in [-0.15, -0.1) is 0 Å². The lowest BCUT2D eigenvalue weighted by atomic mass is 10.0. The van der Waals surface area contributed by atoms with Crippen LogP contribution >= 0.6 is 11.8 Å². The second-order valence-electron chi connectivity index (χ2n) is 5.01. The Hall–Kier alpha value is -3.16. The molecule has 0 fully saturated rings. The fourth-order valence-electron chi connectivity index (χ4n) is 2.11. The molecule has 5 nitrogen and oxygen atoms in total. The van der Waals surface area contributed by atoms with Crippen molar-refractivity contribution >= 4 is 30.1 Å². The standard InChI is InChI=1S/C17H12F3N3S.CO2/c18-17(19,20)24-16-9-6-14(7-10-16)13-4-1-12(2-5-13)3-8-15-11-21-23-22-15;2-1-3/h1-11H,(H,21,22,23);. The Labute approximate surface area is 156 Å². The Morgan fingerprint density at radius 3 is 1.96 bits per heavy atom. The van der Waals surface area contributed by atoms with Crippen molar-refractivity contribution in [3.8, 4) is 11.1 Å². The fraction of sp³-hybridized carbons (Fsp3) is 0.0556. The fourth-order valence-corrected chi connectivity index (χ4v) is 2.65. The minimum atomic E-state index is -4.26. The molecule has 3 rings (SSSR count). The quantitative estimate of drug-likeness (QED) is 0.654. The van der Waals surface area contributed by atoms with E-state index in [1.807, 2.05) is 36.4 Å². The number of aromatic nitrogens is 3. The van der Waals surface area contributed by atoms with Crippen LogP contribution in [0, 0.1) is 0 Å². The predicted octanol–water partition coefficient (Wildman–Crippen LogP) is 4.67. The van der Waals surface area contributed by atoms with E-state index in [9.17, 15) is 13.2 Å². The lowest BCUT2D eigenvalue weighted by Crippen LogP contribution is -1.98. The molecule has 1 aromatic heterocycles. The Kier molecular flexibility index (Phi) is 7.10. The second kappa shape index (κ2) is 9.51. The summed E-state index contributed by atoms with van der Waals surface area (Å²) in [5, 5.41) is 10.2. The van der Waals surface area contributed by atoms with Gasteiger partial charge in [-0.1, -0.05) is 42.5 Å². The van der Waals surface area contributed by atoms with E-state index in [0.29, 0.717) is 0 Å². The molecule has 9 heteroatoms. The minimum absolute atomic E-state index is 0.110. The third-order valence-electron chi connectivity index (χ3n) is 3.21. The van der Waals surface area contributed by atoms with Crippen molar-refractivity contribution in [3.63, 3.8) is 0 Å². The van der Waals surface area contributed by atoms with Gasteiger partial charge in [-0.3, -0.25) is 0 Å². The number of rotatable bonds is 4. The summed E-state index contributed by atoms with van der Waals surface area (Å²) >= 11 is -0.110. The van der Waals surface area contributed by atoms with E-state index >= 15 is 0 Å². The van der Waals surface area contributed by atoms with Crippen molar-refractivity contribution in [2.75, 3.05) is 0 Å². The van der Waals surface area contributed by atoms with E-state index < -0.39 is 5.51 Å². The highest BCUT2D eigenvalue weighted by Crippen LogP contribution is 2.37. The highest BCUT2D eigenvalue weighted by Gasteiger charge is 2.28. The van der Waals surface area contributed by atoms with E-state index in [2.05, 4.69) is 15.4 Å². The van der Waals surface area contributed by atoms with E-state index in [0.717, 1.165) is 22.4 Å². The number of halogens is 3. The number of alkyl halides is 3. The third kappa shape index (κ3) is 6.93. The smallest absolute Gasteiger partial charge is 0.197 e. The number of benzene rings is 2. The van der Waals surface area contributed by atoms with Crippen molar-refractivity contribution in [2.24, 2.45) is 0 Å². The zero-order valence-corrected chi connectivity index (χ0v) is 14.4. The van der Waals surface area contributed by atoms with Gasteiger partial charge >= 0.3 is 11.7 Å². The summed E-state index contributed by atoms with van der Waals surface area (Å²) in [6.45, 7) is 0. The highest BCUT2D eigenvalue weighted by molar-refractivity contribution is 8.00. The molecule has 1 N–H and O–H groups in total. The molecule has 0 unspecified atom stereocenters. The molecule has 2 aromatic carbocycles. The Balaban J connectivity index is 0.000000817. The largest absolute Gasteiger partial charge is 0.446 e. The van der Waals surface area contributed by atoms with E-state index in [1.54, 1.807) is 18.3 Å². The summed E-state index contributed by atoms with van der Waals surface area (Å²) in [5.74, 6) is 0. The molecule has 1 heterocycles. The van der Waals surface area contributed by atoms with Crippen LogP contribution in [0.5, 0.6) is 0 Å². The van der Waals surface area contributed by atoms with Gasteiger partial charge in [0, 0.05) is 4.90 Å². The van der Waals surface area contributed by atoms with Crippen LogP contribution in [-0.2, 0) is 9.59 Å². The Morgan fingerprint density at radius 1 is 0.926 bits per heavy atom. The molecule has 0 bridgehead atoms. The molecule has 0 aliphatic carbocycles. The van der Waals surface area contributed by atoms with Crippen molar-refractivity contribution in [1.29, 1.82) is 0 Å². The molecule has 0 saturated heterocycles. The molecule has 138 valence electrons. The van der Waals surface area contributed by atoms with Gasteiger partial charge in [0.2, 0.25) is 0 Å². The summed E-state index contributed by atoms with van der Waals surface area (Å²) in [6, 6.07) is 14.1. The number of hydrogen-bond acceptors (Lipinski definition) is 5. The number of aromatic amines is 1. The molecule has 0 radical (unpaired) electrons.